The number of hydrogen-bond donors (Lipinski definition) is 0. The van der Waals surface area contributed by atoms with Crippen LogP contribution < -0.4 is 0 Å². The minimum atomic E-state index is 0.137. The molecule has 1 aromatic rings. The first kappa shape index (κ1) is 7.34. The molecule has 0 saturated heterocycles. The maximum Gasteiger partial charge on any atom is 0.244 e. The lowest BCUT2D eigenvalue weighted by Crippen LogP contribution is -2.28. The highest BCUT2D eigenvalue weighted by Gasteiger charge is 2.16. The van der Waals surface area contributed by atoms with E-state index in [1.165, 1.54) is 0 Å². The molecule has 64 valence electrons. The van der Waals surface area contributed by atoms with Crippen molar-refractivity contribution in [3.8, 4) is 0 Å². The molecule has 2 heterocycles. The first-order valence-electron chi connectivity index (χ1n) is 4.02. The monoisotopic (exact) mass is 165 g/mol. The van der Waals surface area contributed by atoms with Crippen molar-refractivity contribution >= 4 is 5.91 Å². The van der Waals surface area contributed by atoms with Crippen LogP contribution in [0.5, 0.6) is 0 Å². The minimum absolute atomic E-state index is 0.137. The second-order valence-corrected chi connectivity index (χ2v) is 3.05. The van der Waals surface area contributed by atoms with E-state index in [4.69, 9.17) is 0 Å². The van der Waals surface area contributed by atoms with E-state index in [-0.39, 0.29) is 5.91 Å². The first-order chi connectivity index (χ1) is 5.77. The molecule has 1 amide bonds. The van der Waals surface area contributed by atoms with E-state index in [0.29, 0.717) is 6.54 Å². The fourth-order valence-corrected chi connectivity index (χ4v) is 1.37. The Labute approximate surface area is 70.8 Å². The van der Waals surface area contributed by atoms with Gasteiger partial charge in [-0.15, -0.1) is 0 Å². The summed E-state index contributed by atoms with van der Waals surface area (Å²) in [5.41, 5.74) is 1.15. The zero-order valence-electron chi connectivity index (χ0n) is 7.03. The highest BCUT2D eigenvalue weighted by Crippen LogP contribution is 2.06. The van der Waals surface area contributed by atoms with Crippen LogP contribution in [0.1, 0.15) is 5.69 Å². The van der Waals surface area contributed by atoms with E-state index in [0.717, 1.165) is 18.7 Å². The van der Waals surface area contributed by atoms with Crippen LogP contribution in [0.2, 0.25) is 0 Å². The van der Waals surface area contributed by atoms with Crippen molar-refractivity contribution in [2.75, 3.05) is 13.6 Å². The maximum atomic E-state index is 11.3. The van der Waals surface area contributed by atoms with Gasteiger partial charge in [-0.2, -0.15) is 5.10 Å². The summed E-state index contributed by atoms with van der Waals surface area (Å²) < 4.78 is 1.77. The van der Waals surface area contributed by atoms with E-state index in [1.807, 2.05) is 13.1 Å². The number of fused-ring (bicyclic) bond motifs is 1. The average Bonchev–Trinajstić information content (AvgIpc) is 2.43. The molecule has 0 radical (unpaired) electrons. The molecule has 1 aliphatic heterocycles. The third-order valence-electron chi connectivity index (χ3n) is 2.22. The molecule has 4 nitrogen and oxygen atoms in total. The van der Waals surface area contributed by atoms with Gasteiger partial charge in [0.05, 0.1) is 0 Å². The van der Waals surface area contributed by atoms with E-state index in [2.05, 4.69) is 5.10 Å². The molecular formula is C8H11N3O. The Balaban J connectivity index is 2.30. The molecule has 2 rings (SSSR count). The summed E-state index contributed by atoms with van der Waals surface area (Å²) in [6.07, 6.45) is 2.65. The van der Waals surface area contributed by atoms with Gasteiger partial charge in [0.15, 0.2) is 0 Å². The predicted molar refractivity (Wildman–Crippen MR) is 43.6 cm³/mol. The fraction of sp³-hybridized carbons (Fsp3) is 0.500. The largest absolute Gasteiger partial charge is 0.344 e. The lowest BCUT2D eigenvalue weighted by molar-refractivity contribution is -0.130. The summed E-state index contributed by atoms with van der Waals surface area (Å²) in [7, 11) is 1.83. The zero-order chi connectivity index (χ0) is 8.55. The molecule has 0 atom stereocenters. The van der Waals surface area contributed by atoms with Crippen LogP contribution in [0.4, 0.5) is 0 Å². The molecule has 0 aromatic carbocycles. The minimum Gasteiger partial charge on any atom is -0.344 e. The van der Waals surface area contributed by atoms with Gasteiger partial charge >= 0.3 is 0 Å². The van der Waals surface area contributed by atoms with Gasteiger partial charge in [0, 0.05) is 31.9 Å². The number of likely N-dealkylation sites (N-methyl/N-ethyl adjacent to an activating group) is 1. The number of carbonyl (C=O) groups excluding carboxylic acids is 1. The van der Waals surface area contributed by atoms with Crippen molar-refractivity contribution < 1.29 is 4.79 Å². The SMILES string of the molecule is CN1CCc2ccnn2CC1=O. The molecule has 0 unspecified atom stereocenters. The Bertz CT molecular complexity index is 305. The average molecular weight is 165 g/mol. The van der Waals surface area contributed by atoms with Crippen LogP contribution >= 0.6 is 0 Å². The van der Waals surface area contributed by atoms with E-state index < -0.39 is 0 Å². The van der Waals surface area contributed by atoms with E-state index in [1.54, 1.807) is 15.8 Å². The van der Waals surface area contributed by atoms with Crippen molar-refractivity contribution in [2.45, 2.75) is 13.0 Å². The normalized spacial score (nSPS) is 17.4. The van der Waals surface area contributed by atoms with Gasteiger partial charge in [-0.3, -0.25) is 9.48 Å². The molecule has 0 spiro atoms. The molecule has 1 aliphatic rings. The second-order valence-electron chi connectivity index (χ2n) is 3.05. The number of nitrogens with zero attached hydrogens (tertiary/aromatic N) is 3. The predicted octanol–water partition coefficient (Wildman–Crippen LogP) is -0.102. The van der Waals surface area contributed by atoms with E-state index >= 15 is 0 Å². The molecule has 0 N–H and O–H groups in total. The number of amides is 1. The Hall–Kier alpha value is -1.32. The van der Waals surface area contributed by atoms with Gasteiger partial charge in [-0.1, -0.05) is 0 Å². The van der Waals surface area contributed by atoms with Crippen molar-refractivity contribution in [3.05, 3.63) is 18.0 Å². The highest BCUT2D eigenvalue weighted by molar-refractivity contribution is 5.76. The number of hydrogen-bond acceptors (Lipinski definition) is 2. The smallest absolute Gasteiger partial charge is 0.244 e. The Morgan fingerprint density at radius 2 is 2.42 bits per heavy atom. The second kappa shape index (κ2) is 2.62. The topological polar surface area (TPSA) is 38.1 Å². The molecule has 12 heavy (non-hydrogen) atoms. The summed E-state index contributed by atoms with van der Waals surface area (Å²) in [6.45, 7) is 1.18. The molecular weight excluding hydrogens is 154 g/mol. The van der Waals surface area contributed by atoms with Crippen LogP contribution in [0, 0.1) is 0 Å². The van der Waals surface area contributed by atoms with Crippen LogP contribution in [-0.4, -0.2) is 34.2 Å². The third kappa shape index (κ3) is 1.09. The molecule has 1 aromatic heterocycles. The molecule has 0 aliphatic carbocycles. The molecule has 0 bridgehead atoms. The van der Waals surface area contributed by atoms with E-state index in [9.17, 15) is 4.79 Å². The summed E-state index contributed by atoms with van der Waals surface area (Å²) in [4.78, 5) is 13.1. The Morgan fingerprint density at radius 1 is 1.58 bits per heavy atom. The van der Waals surface area contributed by atoms with Gasteiger partial charge in [0.2, 0.25) is 5.91 Å². The molecule has 4 heteroatoms. The highest BCUT2D eigenvalue weighted by atomic mass is 16.2. The van der Waals surface area contributed by atoms with Crippen LogP contribution in [0.25, 0.3) is 0 Å². The molecule has 0 saturated carbocycles. The van der Waals surface area contributed by atoms with Gasteiger partial charge in [0.25, 0.3) is 0 Å². The van der Waals surface area contributed by atoms with Gasteiger partial charge in [-0.05, 0) is 6.07 Å². The summed E-state index contributed by atoms with van der Waals surface area (Å²) in [5.74, 6) is 0.137. The van der Waals surface area contributed by atoms with Crippen LogP contribution in [0.3, 0.4) is 0 Å². The van der Waals surface area contributed by atoms with Gasteiger partial charge in [0.1, 0.15) is 6.54 Å². The van der Waals surface area contributed by atoms with Gasteiger partial charge in [-0.25, -0.2) is 0 Å². The van der Waals surface area contributed by atoms with Crippen LogP contribution in [-0.2, 0) is 17.8 Å². The number of carbonyl (C=O) groups is 1. The van der Waals surface area contributed by atoms with Crippen molar-refractivity contribution in [2.24, 2.45) is 0 Å². The maximum absolute atomic E-state index is 11.3. The summed E-state index contributed by atoms with van der Waals surface area (Å²) in [6, 6.07) is 1.96. The standard InChI is InChI=1S/C8H11N3O/c1-10-5-3-7-2-4-9-11(7)6-8(10)12/h2,4H,3,5-6H2,1H3. The molecule has 0 fully saturated rings. The summed E-state index contributed by atoms with van der Waals surface area (Å²) in [5, 5.41) is 4.07. The Morgan fingerprint density at radius 3 is 3.25 bits per heavy atom. The van der Waals surface area contributed by atoms with Crippen molar-refractivity contribution in [3.63, 3.8) is 0 Å². The lowest BCUT2D eigenvalue weighted by Gasteiger charge is -2.11. The Kier molecular flexibility index (Phi) is 1.60. The number of rotatable bonds is 0. The van der Waals surface area contributed by atoms with Crippen molar-refractivity contribution in [1.82, 2.24) is 14.7 Å². The van der Waals surface area contributed by atoms with Gasteiger partial charge < -0.3 is 4.90 Å². The fourth-order valence-electron chi connectivity index (χ4n) is 1.37. The quantitative estimate of drug-likeness (QED) is 0.538. The van der Waals surface area contributed by atoms with Crippen molar-refractivity contribution in [1.29, 1.82) is 0 Å². The zero-order valence-corrected chi connectivity index (χ0v) is 7.03. The summed E-state index contributed by atoms with van der Waals surface area (Å²) >= 11 is 0. The number of aromatic nitrogens is 2. The van der Waals surface area contributed by atoms with Crippen LogP contribution in [0.15, 0.2) is 12.3 Å². The lowest BCUT2D eigenvalue weighted by atomic mass is 10.3. The first-order valence-corrected chi connectivity index (χ1v) is 4.02. The third-order valence-corrected chi connectivity index (χ3v) is 2.22.